The molecule has 0 atom stereocenters. The number of carbonyl (C=O) groups is 1. The third kappa shape index (κ3) is 5.60. The summed E-state index contributed by atoms with van der Waals surface area (Å²) in [6, 6.07) is 9.44. The van der Waals surface area contributed by atoms with Crippen molar-refractivity contribution in [1.29, 1.82) is 0 Å². The molecule has 1 aromatic carbocycles. The average molecular weight is 413 g/mol. The van der Waals surface area contributed by atoms with E-state index in [0.29, 0.717) is 16.3 Å². The van der Waals surface area contributed by atoms with Crippen LogP contribution in [-0.4, -0.2) is 29.3 Å². The summed E-state index contributed by atoms with van der Waals surface area (Å²) in [6.45, 7) is 8.26. The van der Waals surface area contributed by atoms with Gasteiger partial charge in [-0.3, -0.25) is 0 Å². The normalized spacial score (nSPS) is 10.8. The second-order valence-electron chi connectivity index (χ2n) is 6.76. The number of aromatic nitrogens is 2. The number of pyridine rings is 1. The van der Waals surface area contributed by atoms with Gasteiger partial charge in [0.05, 0.1) is 11.3 Å². The van der Waals surface area contributed by atoms with E-state index >= 15 is 0 Å². The number of rotatable bonds is 8. The van der Waals surface area contributed by atoms with Gasteiger partial charge < -0.3 is 14.0 Å². The van der Waals surface area contributed by atoms with E-state index in [1.54, 1.807) is 18.3 Å². The van der Waals surface area contributed by atoms with Gasteiger partial charge in [-0.25, -0.2) is 9.78 Å². The summed E-state index contributed by atoms with van der Waals surface area (Å²) < 4.78 is 16.3. The van der Waals surface area contributed by atoms with Gasteiger partial charge in [0.25, 0.3) is 0 Å². The fraction of sp³-hybridized carbons (Fsp3) is 0.318. The smallest absolute Gasteiger partial charge is 0.341 e. The van der Waals surface area contributed by atoms with Gasteiger partial charge in [-0.2, -0.15) is 0 Å². The number of carbonyl (C=O) groups excluding carboxylic acids is 1. The molecule has 0 amide bonds. The Morgan fingerprint density at radius 3 is 2.55 bits per heavy atom. The van der Waals surface area contributed by atoms with Crippen molar-refractivity contribution in [1.82, 2.24) is 10.1 Å². The van der Waals surface area contributed by atoms with E-state index in [1.165, 1.54) is 11.8 Å². The molecule has 0 bridgehead atoms. The first-order valence-electron chi connectivity index (χ1n) is 9.32. The monoisotopic (exact) mass is 412 g/mol. The molecule has 0 aliphatic rings. The van der Waals surface area contributed by atoms with Crippen molar-refractivity contribution in [2.75, 3.05) is 13.2 Å². The highest BCUT2D eigenvalue weighted by Crippen LogP contribution is 2.27. The third-order valence-corrected chi connectivity index (χ3v) is 5.34. The van der Waals surface area contributed by atoms with Crippen LogP contribution in [0.25, 0.3) is 0 Å². The maximum Gasteiger partial charge on any atom is 0.341 e. The quantitative estimate of drug-likeness (QED) is 0.298. The molecule has 2 aromatic heterocycles. The summed E-state index contributed by atoms with van der Waals surface area (Å²) >= 11 is 1.46. The van der Waals surface area contributed by atoms with E-state index in [9.17, 15) is 4.79 Å². The van der Waals surface area contributed by atoms with Crippen LogP contribution in [-0.2, 0) is 10.5 Å². The number of ether oxygens (including phenoxy) is 2. The Hall–Kier alpha value is -2.80. The molecule has 2 heterocycles. The maximum atomic E-state index is 12.5. The highest BCUT2D eigenvalue weighted by molar-refractivity contribution is 7.98. The first-order valence-corrected chi connectivity index (χ1v) is 10.3. The van der Waals surface area contributed by atoms with E-state index in [-0.39, 0.29) is 13.2 Å². The zero-order valence-corrected chi connectivity index (χ0v) is 17.8. The lowest BCUT2D eigenvalue weighted by atomic mass is 10.1. The van der Waals surface area contributed by atoms with Crippen molar-refractivity contribution in [2.45, 2.75) is 38.5 Å². The molecule has 0 saturated carbocycles. The molecule has 6 nitrogen and oxygen atoms in total. The number of hydrogen-bond acceptors (Lipinski definition) is 7. The minimum Gasteiger partial charge on any atom is -0.490 e. The third-order valence-electron chi connectivity index (χ3n) is 4.31. The van der Waals surface area contributed by atoms with Crippen LogP contribution in [0.15, 0.2) is 46.1 Å². The Bertz CT molecular complexity index is 960. The van der Waals surface area contributed by atoms with Crippen LogP contribution >= 0.6 is 11.8 Å². The highest BCUT2D eigenvalue weighted by atomic mass is 32.2. The van der Waals surface area contributed by atoms with Gasteiger partial charge in [0.1, 0.15) is 29.7 Å². The predicted octanol–water partition coefficient (Wildman–Crippen LogP) is 4.83. The van der Waals surface area contributed by atoms with E-state index in [0.717, 1.165) is 33.9 Å². The molecule has 0 N–H and O–H groups in total. The molecule has 152 valence electrons. The standard InChI is InChI=1S/C22H24N2O4S/c1-14-10-15(2)12-18(11-14)26-8-9-27-22(25)19-6-5-7-23-21(19)29-13-20-16(3)24-28-17(20)4/h5-7,10-12H,8-9,13H2,1-4H3. The molecule has 0 saturated heterocycles. The second-order valence-corrected chi connectivity index (χ2v) is 7.72. The molecule has 0 aliphatic carbocycles. The summed E-state index contributed by atoms with van der Waals surface area (Å²) in [6.07, 6.45) is 1.66. The Balaban J connectivity index is 1.55. The molecule has 0 unspecified atom stereocenters. The van der Waals surface area contributed by atoms with Crippen LogP contribution in [0.2, 0.25) is 0 Å². The van der Waals surface area contributed by atoms with Crippen LogP contribution in [0.3, 0.4) is 0 Å². The summed E-state index contributed by atoms with van der Waals surface area (Å²) in [5, 5.41) is 4.58. The van der Waals surface area contributed by atoms with Crippen LogP contribution in [0.1, 0.15) is 38.5 Å². The summed E-state index contributed by atoms with van der Waals surface area (Å²) in [7, 11) is 0. The van der Waals surface area contributed by atoms with Crippen molar-refractivity contribution in [2.24, 2.45) is 0 Å². The van der Waals surface area contributed by atoms with Gasteiger partial charge in [-0.15, -0.1) is 11.8 Å². The molecule has 3 rings (SSSR count). The van der Waals surface area contributed by atoms with Crippen LogP contribution in [0.4, 0.5) is 0 Å². The number of nitrogens with zero attached hydrogens (tertiary/aromatic N) is 2. The molecule has 0 spiro atoms. The fourth-order valence-corrected chi connectivity index (χ4v) is 4.03. The molecule has 7 heteroatoms. The van der Waals surface area contributed by atoms with Gasteiger partial charge in [-0.1, -0.05) is 11.2 Å². The van der Waals surface area contributed by atoms with E-state index in [2.05, 4.69) is 16.2 Å². The topological polar surface area (TPSA) is 74.5 Å². The van der Waals surface area contributed by atoms with Gasteiger partial charge >= 0.3 is 5.97 Å². The Morgan fingerprint density at radius 2 is 1.86 bits per heavy atom. The molecule has 0 radical (unpaired) electrons. The summed E-state index contributed by atoms with van der Waals surface area (Å²) in [5.41, 5.74) is 4.57. The molecule has 3 aromatic rings. The zero-order valence-electron chi connectivity index (χ0n) is 17.0. The van der Waals surface area contributed by atoms with Crippen molar-refractivity contribution in [3.05, 3.63) is 70.2 Å². The van der Waals surface area contributed by atoms with Crippen molar-refractivity contribution in [3.8, 4) is 5.75 Å². The van der Waals surface area contributed by atoms with Crippen LogP contribution in [0, 0.1) is 27.7 Å². The minimum atomic E-state index is -0.414. The fourth-order valence-electron chi connectivity index (χ4n) is 2.90. The highest BCUT2D eigenvalue weighted by Gasteiger charge is 2.16. The zero-order chi connectivity index (χ0) is 20.8. The van der Waals surface area contributed by atoms with E-state index < -0.39 is 5.97 Å². The lowest BCUT2D eigenvalue weighted by Crippen LogP contribution is -2.13. The van der Waals surface area contributed by atoms with Gasteiger partial charge in [0, 0.05) is 17.5 Å². The predicted molar refractivity (Wildman–Crippen MR) is 111 cm³/mol. The number of thioether (sulfide) groups is 1. The average Bonchev–Trinajstić information content (AvgIpc) is 3.00. The minimum absolute atomic E-state index is 0.161. The Labute approximate surface area is 174 Å². The number of esters is 1. The molecular formula is C22H24N2O4S. The SMILES string of the molecule is Cc1cc(C)cc(OCCOC(=O)c2cccnc2SCc2c(C)noc2C)c1. The lowest BCUT2D eigenvalue weighted by Gasteiger charge is -2.10. The molecular weight excluding hydrogens is 388 g/mol. The summed E-state index contributed by atoms with van der Waals surface area (Å²) in [5.74, 6) is 1.76. The van der Waals surface area contributed by atoms with E-state index in [4.69, 9.17) is 14.0 Å². The largest absolute Gasteiger partial charge is 0.490 e. The van der Waals surface area contributed by atoms with Crippen LogP contribution < -0.4 is 4.74 Å². The van der Waals surface area contributed by atoms with Crippen LogP contribution in [0.5, 0.6) is 5.75 Å². The molecule has 0 aliphatic heterocycles. The first-order chi connectivity index (χ1) is 13.9. The Morgan fingerprint density at radius 1 is 1.10 bits per heavy atom. The van der Waals surface area contributed by atoms with Gasteiger partial charge in [-0.05, 0) is 63.1 Å². The Kier molecular flexibility index (Phi) is 6.93. The van der Waals surface area contributed by atoms with Crippen molar-refractivity contribution < 1.29 is 18.8 Å². The molecule has 29 heavy (non-hydrogen) atoms. The summed E-state index contributed by atoms with van der Waals surface area (Å²) in [4.78, 5) is 16.9. The van der Waals surface area contributed by atoms with Gasteiger partial charge in [0.15, 0.2) is 0 Å². The second kappa shape index (κ2) is 9.60. The number of aryl methyl sites for hydroxylation is 4. The van der Waals surface area contributed by atoms with Gasteiger partial charge in [0.2, 0.25) is 0 Å². The first kappa shape index (κ1) is 20.9. The number of hydrogen-bond donors (Lipinski definition) is 0. The number of benzene rings is 1. The van der Waals surface area contributed by atoms with Crippen molar-refractivity contribution in [3.63, 3.8) is 0 Å². The molecule has 0 fully saturated rings. The van der Waals surface area contributed by atoms with E-state index in [1.807, 2.05) is 39.8 Å². The maximum absolute atomic E-state index is 12.5. The van der Waals surface area contributed by atoms with Crippen molar-refractivity contribution >= 4 is 17.7 Å². The lowest BCUT2D eigenvalue weighted by molar-refractivity contribution is 0.0445.